The van der Waals surface area contributed by atoms with Gasteiger partial charge < -0.3 is 15.7 Å². The number of nitrogens with one attached hydrogen (secondary N) is 2. The van der Waals surface area contributed by atoms with Gasteiger partial charge in [-0.1, -0.05) is 45.4 Å². The Labute approximate surface area is 124 Å². The number of aliphatic hydroxyl groups excluding tert-OH is 1. The maximum absolute atomic E-state index is 11.4. The Morgan fingerprint density at radius 2 is 1.55 bits per heavy atom. The summed E-state index contributed by atoms with van der Waals surface area (Å²) in [7, 11) is 0. The highest BCUT2D eigenvalue weighted by molar-refractivity contribution is 5.75. The minimum Gasteiger partial charge on any atom is -0.396 e. The predicted octanol–water partition coefficient (Wildman–Crippen LogP) is 2.61. The number of hydrogen-bond acceptors (Lipinski definition) is 3. The lowest BCUT2D eigenvalue weighted by Crippen LogP contribution is -2.32. The van der Waals surface area contributed by atoms with E-state index >= 15 is 0 Å². The summed E-state index contributed by atoms with van der Waals surface area (Å²) in [5, 5.41) is 14.9. The molecule has 0 saturated heterocycles. The van der Waals surface area contributed by atoms with Gasteiger partial charge in [0, 0.05) is 26.1 Å². The number of aliphatic hydroxyl groups is 1. The van der Waals surface area contributed by atoms with Crippen molar-refractivity contribution in [3.8, 4) is 0 Å². The van der Waals surface area contributed by atoms with E-state index < -0.39 is 0 Å². The first-order chi connectivity index (χ1) is 9.81. The summed E-state index contributed by atoms with van der Waals surface area (Å²) < 4.78 is 0. The van der Waals surface area contributed by atoms with E-state index in [0.29, 0.717) is 13.0 Å². The first kappa shape index (κ1) is 19.4. The van der Waals surface area contributed by atoms with Crippen LogP contribution in [0.15, 0.2) is 0 Å². The molecule has 0 bridgehead atoms. The van der Waals surface area contributed by atoms with Crippen LogP contribution in [0.25, 0.3) is 0 Å². The normalized spacial score (nSPS) is 10.7. The summed E-state index contributed by atoms with van der Waals surface area (Å²) in [6.07, 6.45) is 11.0. The molecule has 4 nitrogen and oxygen atoms in total. The monoisotopic (exact) mass is 286 g/mol. The van der Waals surface area contributed by atoms with Gasteiger partial charge in [-0.25, -0.2) is 0 Å². The highest BCUT2D eigenvalue weighted by Crippen LogP contribution is 2.04. The van der Waals surface area contributed by atoms with E-state index in [-0.39, 0.29) is 5.91 Å². The Hall–Kier alpha value is -0.610. The number of amides is 1. The van der Waals surface area contributed by atoms with E-state index in [1.807, 2.05) is 0 Å². The molecule has 0 saturated carbocycles. The lowest BCUT2D eigenvalue weighted by Gasteiger charge is -2.07. The van der Waals surface area contributed by atoms with Crippen LogP contribution < -0.4 is 10.6 Å². The molecule has 0 fully saturated rings. The molecule has 0 aromatic carbocycles. The van der Waals surface area contributed by atoms with Crippen molar-refractivity contribution in [2.45, 2.75) is 71.1 Å². The maximum atomic E-state index is 11.4. The second-order valence-corrected chi connectivity index (χ2v) is 5.40. The Morgan fingerprint density at radius 3 is 2.25 bits per heavy atom. The Bertz CT molecular complexity index is 211. The molecule has 4 heteroatoms. The molecular weight excluding hydrogens is 252 g/mol. The van der Waals surface area contributed by atoms with Crippen molar-refractivity contribution < 1.29 is 9.90 Å². The molecule has 0 heterocycles. The molecule has 0 aliphatic carbocycles. The molecule has 0 unspecified atom stereocenters. The molecule has 0 aromatic rings. The Morgan fingerprint density at radius 1 is 0.850 bits per heavy atom. The zero-order valence-corrected chi connectivity index (χ0v) is 13.3. The van der Waals surface area contributed by atoms with E-state index in [1.165, 1.54) is 25.7 Å². The standard InChI is InChI=1S/C16H34N2O2/c1-2-3-8-11-16(20)18-14-13-17-12-9-6-4-5-7-10-15-19/h17,19H,2-15H2,1H3,(H,18,20). The van der Waals surface area contributed by atoms with Crippen molar-refractivity contribution in [3.63, 3.8) is 0 Å². The van der Waals surface area contributed by atoms with Gasteiger partial charge in [0.15, 0.2) is 0 Å². The molecule has 0 atom stereocenters. The molecule has 0 aliphatic heterocycles. The van der Waals surface area contributed by atoms with Gasteiger partial charge in [0.05, 0.1) is 0 Å². The van der Waals surface area contributed by atoms with Gasteiger partial charge in [-0.05, 0) is 25.8 Å². The van der Waals surface area contributed by atoms with E-state index in [1.54, 1.807) is 0 Å². The third-order valence-electron chi connectivity index (χ3n) is 3.39. The highest BCUT2D eigenvalue weighted by Gasteiger charge is 1.99. The van der Waals surface area contributed by atoms with Crippen molar-refractivity contribution in [2.24, 2.45) is 0 Å². The lowest BCUT2D eigenvalue weighted by molar-refractivity contribution is -0.121. The van der Waals surface area contributed by atoms with Crippen LogP contribution in [0.5, 0.6) is 0 Å². The number of carbonyl (C=O) groups excluding carboxylic acids is 1. The summed E-state index contributed by atoms with van der Waals surface area (Å²) in [6, 6.07) is 0. The molecule has 0 rings (SSSR count). The molecule has 1 amide bonds. The topological polar surface area (TPSA) is 61.4 Å². The van der Waals surface area contributed by atoms with Crippen molar-refractivity contribution >= 4 is 5.91 Å². The fraction of sp³-hybridized carbons (Fsp3) is 0.938. The Kier molecular flexibility index (Phi) is 15.9. The third kappa shape index (κ3) is 15.4. The predicted molar refractivity (Wildman–Crippen MR) is 84.8 cm³/mol. The minimum atomic E-state index is 0.184. The largest absolute Gasteiger partial charge is 0.396 e. The van der Waals surface area contributed by atoms with Gasteiger partial charge in [-0.3, -0.25) is 4.79 Å². The van der Waals surface area contributed by atoms with Crippen LogP contribution in [-0.4, -0.2) is 37.3 Å². The van der Waals surface area contributed by atoms with Crippen LogP contribution in [0.1, 0.15) is 71.1 Å². The second kappa shape index (κ2) is 16.4. The van der Waals surface area contributed by atoms with E-state index in [9.17, 15) is 4.79 Å². The summed E-state index contributed by atoms with van der Waals surface area (Å²) in [4.78, 5) is 11.4. The molecule has 0 aromatic heterocycles. The average molecular weight is 286 g/mol. The molecule has 20 heavy (non-hydrogen) atoms. The smallest absolute Gasteiger partial charge is 0.220 e. The number of hydrogen-bond donors (Lipinski definition) is 3. The molecule has 3 N–H and O–H groups in total. The molecule has 0 spiro atoms. The van der Waals surface area contributed by atoms with Gasteiger partial charge in [0.2, 0.25) is 5.91 Å². The van der Waals surface area contributed by atoms with Gasteiger partial charge in [-0.15, -0.1) is 0 Å². The van der Waals surface area contributed by atoms with Crippen LogP contribution in [0.4, 0.5) is 0 Å². The maximum Gasteiger partial charge on any atom is 0.220 e. The third-order valence-corrected chi connectivity index (χ3v) is 3.39. The first-order valence-corrected chi connectivity index (χ1v) is 8.39. The quantitative estimate of drug-likeness (QED) is 0.406. The second-order valence-electron chi connectivity index (χ2n) is 5.40. The zero-order valence-electron chi connectivity index (χ0n) is 13.3. The van der Waals surface area contributed by atoms with Crippen molar-refractivity contribution in [3.05, 3.63) is 0 Å². The number of rotatable bonds is 15. The summed E-state index contributed by atoms with van der Waals surface area (Å²) >= 11 is 0. The first-order valence-electron chi connectivity index (χ1n) is 8.39. The van der Waals surface area contributed by atoms with E-state index in [0.717, 1.165) is 51.7 Å². The number of unbranched alkanes of at least 4 members (excludes halogenated alkanes) is 7. The average Bonchev–Trinajstić information content (AvgIpc) is 2.45. The summed E-state index contributed by atoms with van der Waals surface area (Å²) in [5.74, 6) is 0.184. The van der Waals surface area contributed by atoms with Crippen LogP contribution in [0, 0.1) is 0 Å². The highest BCUT2D eigenvalue weighted by atomic mass is 16.2. The number of carbonyl (C=O) groups is 1. The van der Waals surface area contributed by atoms with E-state index in [4.69, 9.17) is 5.11 Å². The van der Waals surface area contributed by atoms with E-state index in [2.05, 4.69) is 17.6 Å². The molecule has 0 aliphatic rings. The van der Waals surface area contributed by atoms with Crippen molar-refractivity contribution in [2.75, 3.05) is 26.2 Å². The van der Waals surface area contributed by atoms with Gasteiger partial charge in [-0.2, -0.15) is 0 Å². The van der Waals surface area contributed by atoms with Crippen LogP contribution in [-0.2, 0) is 4.79 Å². The summed E-state index contributed by atoms with van der Waals surface area (Å²) in [5.41, 5.74) is 0. The zero-order chi connectivity index (χ0) is 14.9. The van der Waals surface area contributed by atoms with Crippen LogP contribution in [0.2, 0.25) is 0 Å². The molecule has 120 valence electrons. The van der Waals surface area contributed by atoms with Crippen LogP contribution in [0.3, 0.4) is 0 Å². The van der Waals surface area contributed by atoms with Gasteiger partial charge in [0.25, 0.3) is 0 Å². The fourth-order valence-corrected chi connectivity index (χ4v) is 2.11. The van der Waals surface area contributed by atoms with Crippen LogP contribution >= 0.6 is 0 Å². The molecular formula is C16H34N2O2. The SMILES string of the molecule is CCCCCC(=O)NCCNCCCCCCCCO. The van der Waals surface area contributed by atoms with Gasteiger partial charge >= 0.3 is 0 Å². The minimum absolute atomic E-state index is 0.184. The van der Waals surface area contributed by atoms with Crippen molar-refractivity contribution in [1.82, 2.24) is 10.6 Å². The van der Waals surface area contributed by atoms with Crippen molar-refractivity contribution in [1.29, 1.82) is 0 Å². The summed E-state index contributed by atoms with van der Waals surface area (Å²) in [6.45, 7) is 5.11. The Balaban J connectivity index is 3.07. The molecule has 0 radical (unpaired) electrons. The lowest BCUT2D eigenvalue weighted by atomic mass is 10.1. The fourth-order valence-electron chi connectivity index (χ4n) is 2.11. The van der Waals surface area contributed by atoms with Gasteiger partial charge in [0.1, 0.15) is 0 Å².